The van der Waals surface area contributed by atoms with Crippen LogP contribution in [0.5, 0.6) is 0 Å². The van der Waals surface area contributed by atoms with Gasteiger partial charge in [0.2, 0.25) is 0 Å². The van der Waals surface area contributed by atoms with Gasteiger partial charge in [-0.25, -0.2) is 0 Å². The number of rotatable bonds is 5. The topological polar surface area (TPSA) is 52.3 Å². The van der Waals surface area contributed by atoms with Gasteiger partial charge >= 0.3 is 5.97 Å². The minimum absolute atomic E-state index is 0.156. The van der Waals surface area contributed by atoms with E-state index in [9.17, 15) is 4.79 Å². The number of ether oxygens (including phenoxy) is 1. The van der Waals surface area contributed by atoms with Gasteiger partial charge in [-0.15, -0.1) is 0 Å². The highest BCUT2D eigenvalue weighted by Gasteiger charge is 2.19. The maximum atomic E-state index is 10.5. The molecule has 1 atom stereocenters. The summed E-state index contributed by atoms with van der Waals surface area (Å²) in [6.45, 7) is 8.20. The highest BCUT2D eigenvalue weighted by Crippen LogP contribution is 2.25. The Morgan fingerprint density at radius 2 is 2.08 bits per heavy atom. The van der Waals surface area contributed by atoms with Crippen LogP contribution in [0.1, 0.15) is 40.5 Å². The quantitative estimate of drug-likeness (QED) is 0.666. The second-order valence-electron chi connectivity index (χ2n) is 4.44. The Bertz CT molecular complexity index is 164. The lowest BCUT2D eigenvalue weighted by atomic mass is 9.83. The molecular weight excluding hydrogens is 166 g/mol. The van der Waals surface area contributed by atoms with E-state index in [1.54, 1.807) is 0 Å². The number of esters is 1. The highest BCUT2D eigenvalue weighted by atomic mass is 16.5. The van der Waals surface area contributed by atoms with E-state index in [-0.39, 0.29) is 17.4 Å². The summed E-state index contributed by atoms with van der Waals surface area (Å²) in [5.41, 5.74) is 5.86. The zero-order valence-corrected chi connectivity index (χ0v) is 9.09. The first-order valence-corrected chi connectivity index (χ1v) is 4.72. The molecule has 0 aliphatic rings. The van der Waals surface area contributed by atoms with Crippen LogP contribution in [0.2, 0.25) is 0 Å². The van der Waals surface area contributed by atoms with Crippen molar-refractivity contribution in [3.05, 3.63) is 0 Å². The Labute approximate surface area is 80.6 Å². The molecule has 2 N–H and O–H groups in total. The maximum Gasteiger partial charge on any atom is 0.302 e. The van der Waals surface area contributed by atoms with E-state index < -0.39 is 0 Å². The smallest absolute Gasteiger partial charge is 0.302 e. The van der Waals surface area contributed by atoms with Crippen LogP contribution in [0, 0.1) is 5.41 Å². The van der Waals surface area contributed by atoms with Crippen LogP contribution in [0.4, 0.5) is 0 Å². The molecule has 0 amide bonds. The van der Waals surface area contributed by atoms with E-state index in [4.69, 9.17) is 10.5 Å². The van der Waals surface area contributed by atoms with Crippen molar-refractivity contribution in [2.75, 3.05) is 6.61 Å². The number of nitrogens with two attached hydrogens (primary N) is 1. The monoisotopic (exact) mass is 187 g/mol. The molecule has 0 aromatic rings. The molecule has 0 aliphatic carbocycles. The molecule has 3 heteroatoms. The maximum absolute atomic E-state index is 10.5. The van der Waals surface area contributed by atoms with Crippen molar-refractivity contribution in [1.82, 2.24) is 0 Å². The molecule has 0 fully saturated rings. The van der Waals surface area contributed by atoms with Gasteiger partial charge in [-0.3, -0.25) is 4.79 Å². The van der Waals surface area contributed by atoms with Crippen LogP contribution >= 0.6 is 0 Å². The van der Waals surface area contributed by atoms with Crippen LogP contribution in [-0.2, 0) is 9.53 Å². The normalized spacial score (nSPS) is 13.9. The number of carbonyl (C=O) groups is 1. The first-order chi connectivity index (χ1) is 5.83. The standard InChI is InChI=1S/C10H21NO2/c1-8(11)7-10(3,4)5-6-13-9(2)12/h8H,5-7,11H2,1-4H3/t8-/m1/s1. The Hall–Kier alpha value is -0.570. The second kappa shape index (κ2) is 5.22. The van der Waals surface area contributed by atoms with Crippen molar-refractivity contribution in [3.8, 4) is 0 Å². The molecule has 0 spiro atoms. The summed E-state index contributed by atoms with van der Waals surface area (Å²) < 4.78 is 4.88. The highest BCUT2D eigenvalue weighted by molar-refractivity contribution is 5.65. The van der Waals surface area contributed by atoms with E-state index in [1.165, 1.54) is 6.92 Å². The van der Waals surface area contributed by atoms with E-state index in [1.807, 2.05) is 6.92 Å². The summed E-state index contributed by atoms with van der Waals surface area (Å²) in [6.07, 6.45) is 1.82. The predicted octanol–water partition coefficient (Wildman–Crippen LogP) is 1.70. The van der Waals surface area contributed by atoms with Crippen molar-refractivity contribution >= 4 is 5.97 Å². The molecular formula is C10H21NO2. The molecule has 0 heterocycles. The molecule has 78 valence electrons. The summed E-state index contributed by atoms with van der Waals surface area (Å²) >= 11 is 0. The van der Waals surface area contributed by atoms with Gasteiger partial charge in [0.25, 0.3) is 0 Å². The summed E-state index contributed by atoms with van der Waals surface area (Å²) in [7, 11) is 0. The van der Waals surface area contributed by atoms with E-state index in [0.717, 1.165) is 12.8 Å². The molecule has 0 rings (SSSR count). The fourth-order valence-electron chi connectivity index (χ4n) is 1.44. The van der Waals surface area contributed by atoms with Crippen molar-refractivity contribution < 1.29 is 9.53 Å². The summed E-state index contributed by atoms with van der Waals surface area (Å²) in [4.78, 5) is 10.5. The number of hydrogen-bond acceptors (Lipinski definition) is 3. The second-order valence-corrected chi connectivity index (χ2v) is 4.44. The summed E-state index contributed by atoms with van der Waals surface area (Å²) in [5, 5.41) is 0. The van der Waals surface area contributed by atoms with Crippen molar-refractivity contribution in [2.45, 2.75) is 46.6 Å². The minimum Gasteiger partial charge on any atom is -0.466 e. The van der Waals surface area contributed by atoms with Crippen LogP contribution in [0.25, 0.3) is 0 Å². The molecule has 0 aromatic carbocycles. The zero-order chi connectivity index (χ0) is 10.5. The minimum atomic E-state index is -0.211. The SMILES string of the molecule is CC(=O)OCCC(C)(C)C[C@@H](C)N. The molecule has 0 saturated carbocycles. The number of hydrogen-bond donors (Lipinski definition) is 1. The first-order valence-electron chi connectivity index (χ1n) is 4.72. The fraction of sp³-hybridized carbons (Fsp3) is 0.900. The summed E-state index contributed by atoms with van der Waals surface area (Å²) in [5.74, 6) is -0.211. The Balaban J connectivity index is 3.68. The van der Waals surface area contributed by atoms with Gasteiger partial charge in [-0.05, 0) is 25.2 Å². The van der Waals surface area contributed by atoms with Gasteiger partial charge in [-0.1, -0.05) is 13.8 Å². The average molecular weight is 187 g/mol. The third-order valence-electron chi connectivity index (χ3n) is 1.96. The van der Waals surface area contributed by atoms with Gasteiger partial charge in [0.15, 0.2) is 0 Å². The molecule has 0 bridgehead atoms. The van der Waals surface area contributed by atoms with Crippen LogP contribution in [0.3, 0.4) is 0 Å². The number of carbonyl (C=O) groups excluding carboxylic acids is 1. The van der Waals surface area contributed by atoms with Crippen LogP contribution in [0.15, 0.2) is 0 Å². The molecule has 0 saturated heterocycles. The van der Waals surface area contributed by atoms with Crippen molar-refractivity contribution in [3.63, 3.8) is 0 Å². The lowest BCUT2D eigenvalue weighted by Gasteiger charge is -2.26. The van der Waals surface area contributed by atoms with Crippen LogP contribution in [-0.4, -0.2) is 18.6 Å². The third-order valence-corrected chi connectivity index (χ3v) is 1.96. The van der Waals surface area contributed by atoms with Gasteiger partial charge in [0, 0.05) is 13.0 Å². The van der Waals surface area contributed by atoms with E-state index >= 15 is 0 Å². The fourth-order valence-corrected chi connectivity index (χ4v) is 1.44. The van der Waals surface area contributed by atoms with E-state index in [0.29, 0.717) is 6.61 Å². The molecule has 3 nitrogen and oxygen atoms in total. The lowest BCUT2D eigenvalue weighted by molar-refractivity contribution is -0.141. The van der Waals surface area contributed by atoms with Gasteiger partial charge in [0.1, 0.15) is 0 Å². The van der Waals surface area contributed by atoms with Crippen LogP contribution < -0.4 is 5.73 Å². The molecule has 0 radical (unpaired) electrons. The molecule has 0 aromatic heterocycles. The third kappa shape index (κ3) is 7.78. The lowest BCUT2D eigenvalue weighted by Crippen LogP contribution is -2.26. The van der Waals surface area contributed by atoms with Gasteiger partial charge in [0.05, 0.1) is 6.61 Å². The first kappa shape index (κ1) is 12.4. The van der Waals surface area contributed by atoms with E-state index in [2.05, 4.69) is 13.8 Å². The molecule has 13 heavy (non-hydrogen) atoms. The zero-order valence-electron chi connectivity index (χ0n) is 9.09. The largest absolute Gasteiger partial charge is 0.466 e. The van der Waals surface area contributed by atoms with Gasteiger partial charge in [-0.2, -0.15) is 0 Å². The van der Waals surface area contributed by atoms with Crippen molar-refractivity contribution in [2.24, 2.45) is 11.1 Å². The Kier molecular flexibility index (Phi) is 4.99. The Morgan fingerprint density at radius 3 is 2.46 bits per heavy atom. The molecule has 0 unspecified atom stereocenters. The average Bonchev–Trinajstić information content (AvgIpc) is 1.81. The van der Waals surface area contributed by atoms with Crippen molar-refractivity contribution in [1.29, 1.82) is 0 Å². The Morgan fingerprint density at radius 1 is 1.54 bits per heavy atom. The molecule has 0 aliphatic heterocycles. The summed E-state index contributed by atoms with van der Waals surface area (Å²) in [6, 6.07) is 0.201. The predicted molar refractivity (Wildman–Crippen MR) is 53.3 cm³/mol. The van der Waals surface area contributed by atoms with Gasteiger partial charge < -0.3 is 10.5 Å².